The zero-order chi connectivity index (χ0) is 14.3. The van der Waals surface area contributed by atoms with Gasteiger partial charge < -0.3 is 9.47 Å². The monoisotopic (exact) mass is 266 g/mol. The van der Waals surface area contributed by atoms with Crippen LogP contribution in [0.5, 0.6) is 0 Å². The number of hydrogen-bond donors (Lipinski definition) is 0. The first-order valence-corrected chi connectivity index (χ1v) is 6.39. The molecule has 5 nitrogen and oxygen atoms in total. The second-order valence-corrected chi connectivity index (χ2v) is 4.30. The van der Waals surface area contributed by atoms with Crippen LogP contribution in [-0.2, 0) is 14.3 Å². The van der Waals surface area contributed by atoms with E-state index in [1.807, 2.05) is 19.9 Å². The number of carbonyl (C=O) groups excluding carboxylic acids is 1. The summed E-state index contributed by atoms with van der Waals surface area (Å²) in [7, 11) is 1.50. The summed E-state index contributed by atoms with van der Waals surface area (Å²) in [6.07, 6.45) is 4.35. The lowest BCUT2D eigenvalue weighted by Gasteiger charge is -2.27. The van der Waals surface area contributed by atoms with E-state index >= 15 is 0 Å². The third kappa shape index (κ3) is 4.29. The van der Waals surface area contributed by atoms with Crippen molar-refractivity contribution in [3.63, 3.8) is 0 Å². The van der Waals surface area contributed by atoms with Crippen LogP contribution in [0.25, 0.3) is 0 Å². The van der Waals surface area contributed by atoms with Gasteiger partial charge in [0.2, 0.25) is 0 Å². The van der Waals surface area contributed by atoms with Crippen LogP contribution < -0.4 is 0 Å². The minimum Gasteiger partial charge on any atom is -0.375 e. The first kappa shape index (κ1) is 15.6. The third-order valence-corrected chi connectivity index (χ3v) is 2.88. The van der Waals surface area contributed by atoms with Crippen LogP contribution in [-0.4, -0.2) is 49.5 Å². The minimum atomic E-state index is -0.218. The molecule has 0 aromatic carbocycles. The van der Waals surface area contributed by atoms with E-state index in [9.17, 15) is 4.79 Å². The van der Waals surface area contributed by atoms with Crippen LogP contribution in [0.1, 0.15) is 20.3 Å². The first-order chi connectivity index (χ1) is 9.13. The van der Waals surface area contributed by atoms with Crippen molar-refractivity contribution >= 4 is 11.6 Å². The quantitative estimate of drug-likeness (QED) is 0.563. The number of hydrogen-bond acceptors (Lipinski definition) is 4. The predicted molar refractivity (Wildman–Crippen MR) is 75.0 cm³/mol. The van der Waals surface area contributed by atoms with E-state index in [1.165, 1.54) is 7.11 Å². The molecule has 0 saturated heterocycles. The lowest BCUT2D eigenvalue weighted by molar-refractivity contribution is -0.135. The number of rotatable bonds is 5. The van der Waals surface area contributed by atoms with Crippen LogP contribution in [0.2, 0.25) is 0 Å². The second kappa shape index (κ2) is 7.86. The third-order valence-electron chi connectivity index (χ3n) is 2.88. The Morgan fingerprint density at radius 1 is 1.74 bits per heavy atom. The highest BCUT2D eigenvalue weighted by atomic mass is 16.5. The highest BCUT2D eigenvalue weighted by Crippen LogP contribution is 2.17. The zero-order valence-corrected chi connectivity index (χ0v) is 11.9. The minimum absolute atomic E-state index is 0.0162. The van der Waals surface area contributed by atoms with Crippen LogP contribution in [0, 0.1) is 0 Å². The number of aliphatic imine (C=N–C) groups is 1. The number of ether oxygens (including phenoxy) is 2. The number of carbonyl (C=O) groups is 1. The molecule has 1 aliphatic heterocycles. The molecule has 1 amide bonds. The fraction of sp³-hybridized carbons (Fsp3) is 0.571. The predicted octanol–water partition coefficient (Wildman–Crippen LogP) is 1.76. The normalized spacial score (nSPS) is 20.8. The highest BCUT2D eigenvalue weighted by Gasteiger charge is 2.26. The molecule has 0 N–H and O–H groups in total. The van der Waals surface area contributed by atoms with Crippen molar-refractivity contribution in [3.8, 4) is 0 Å². The summed E-state index contributed by atoms with van der Waals surface area (Å²) in [5, 5.41) is 0. The van der Waals surface area contributed by atoms with E-state index in [2.05, 4.69) is 11.6 Å². The van der Waals surface area contributed by atoms with Gasteiger partial charge in [0.15, 0.2) is 0 Å². The number of methoxy groups -OCH3 is 1. The molecule has 0 radical (unpaired) electrons. The Hall–Kier alpha value is -1.46. The largest absolute Gasteiger partial charge is 0.375 e. The Kier molecular flexibility index (Phi) is 6.45. The lowest BCUT2D eigenvalue weighted by atomic mass is 10.2. The van der Waals surface area contributed by atoms with Crippen molar-refractivity contribution in [1.82, 2.24) is 4.90 Å². The molecule has 0 aromatic heterocycles. The van der Waals surface area contributed by atoms with Crippen LogP contribution >= 0.6 is 0 Å². The van der Waals surface area contributed by atoms with Gasteiger partial charge in [-0.3, -0.25) is 9.69 Å². The smallest absolute Gasteiger partial charge is 0.254 e. The van der Waals surface area contributed by atoms with Crippen LogP contribution in [0.3, 0.4) is 0 Å². The Morgan fingerprint density at radius 2 is 2.47 bits per heavy atom. The molecular weight excluding hydrogens is 244 g/mol. The van der Waals surface area contributed by atoms with Gasteiger partial charge in [0.25, 0.3) is 5.91 Å². The van der Waals surface area contributed by atoms with Crippen molar-refractivity contribution in [2.75, 3.05) is 26.9 Å². The van der Waals surface area contributed by atoms with E-state index in [0.29, 0.717) is 19.0 Å². The van der Waals surface area contributed by atoms with Crippen molar-refractivity contribution < 1.29 is 14.3 Å². The molecule has 0 aliphatic carbocycles. The van der Waals surface area contributed by atoms with Gasteiger partial charge in [-0.15, -0.1) is 6.58 Å². The first-order valence-electron chi connectivity index (χ1n) is 6.39. The van der Waals surface area contributed by atoms with Gasteiger partial charge in [-0.25, -0.2) is 4.99 Å². The summed E-state index contributed by atoms with van der Waals surface area (Å²) >= 11 is 0. The summed E-state index contributed by atoms with van der Waals surface area (Å²) in [4.78, 5) is 18.3. The fourth-order valence-corrected chi connectivity index (χ4v) is 1.72. The molecule has 0 aromatic rings. The molecule has 106 valence electrons. The van der Waals surface area contributed by atoms with Crippen LogP contribution in [0.15, 0.2) is 29.5 Å². The molecule has 1 atom stereocenters. The van der Waals surface area contributed by atoms with E-state index < -0.39 is 0 Å². The van der Waals surface area contributed by atoms with Gasteiger partial charge in [-0.05, 0) is 19.4 Å². The summed E-state index contributed by atoms with van der Waals surface area (Å²) in [5.41, 5.74) is 0.964. The summed E-state index contributed by atoms with van der Waals surface area (Å²) in [6.45, 7) is 8.60. The maximum absolute atomic E-state index is 12.2. The van der Waals surface area contributed by atoms with Crippen molar-refractivity contribution in [2.24, 2.45) is 4.99 Å². The van der Waals surface area contributed by atoms with E-state index in [0.717, 1.165) is 12.1 Å². The fourth-order valence-electron chi connectivity index (χ4n) is 1.72. The summed E-state index contributed by atoms with van der Waals surface area (Å²) in [6, 6.07) is -0.218. The van der Waals surface area contributed by atoms with Gasteiger partial charge in [0.05, 0.1) is 19.3 Å². The number of nitrogens with zero attached hydrogens (tertiary/aromatic N) is 2. The van der Waals surface area contributed by atoms with Gasteiger partial charge in [0, 0.05) is 12.8 Å². The molecule has 1 heterocycles. The van der Waals surface area contributed by atoms with E-state index in [4.69, 9.17) is 9.47 Å². The van der Waals surface area contributed by atoms with Crippen molar-refractivity contribution in [1.29, 1.82) is 0 Å². The van der Waals surface area contributed by atoms with Crippen molar-refractivity contribution in [2.45, 2.75) is 26.3 Å². The SMILES string of the molecule is C=CC1COCC=C(N=C(C)CC)N1C(=O)COC. The molecule has 0 bridgehead atoms. The standard InChI is InChI=1S/C14H22N2O3/c1-5-11(3)15-13-7-8-19-9-12(6-2)16(13)14(17)10-18-4/h6-7,12H,2,5,8-10H2,1,3-4H3. The van der Waals surface area contributed by atoms with Gasteiger partial charge in [-0.2, -0.15) is 0 Å². The highest BCUT2D eigenvalue weighted by molar-refractivity contribution is 5.84. The van der Waals surface area contributed by atoms with Gasteiger partial charge >= 0.3 is 0 Å². The van der Waals surface area contributed by atoms with E-state index in [-0.39, 0.29) is 18.6 Å². The molecule has 19 heavy (non-hydrogen) atoms. The molecular formula is C14H22N2O3. The lowest BCUT2D eigenvalue weighted by Crippen LogP contribution is -2.41. The maximum atomic E-state index is 12.2. The summed E-state index contributed by atoms with van der Waals surface area (Å²) < 4.78 is 10.4. The molecule has 1 aliphatic rings. The average Bonchev–Trinajstić information content (AvgIpc) is 2.60. The van der Waals surface area contributed by atoms with Crippen molar-refractivity contribution in [3.05, 3.63) is 24.6 Å². The Labute approximate surface area is 114 Å². The summed E-state index contributed by atoms with van der Waals surface area (Å²) in [5.74, 6) is 0.473. The van der Waals surface area contributed by atoms with Gasteiger partial charge in [0.1, 0.15) is 12.4 Å². The Morgan fingerprint density at radius 3 is 3.05 bits per heavy atom. The molecule has 1 unspecified atom stereocenters. The number of amides is 1. The van der Waals surface area contributed by atoms with E-state index in [1.54, 1.807) is 11.0 Å². The molecule has 0 fully saturated rings. The van der Waals surface area contributed by atoms with Gasteiger partial charge in [-0.1, -0.05) is 13.0 Å². The second-order valence-electron chi connectivity index (χ2n) is 4.30. The average molecular weight is 266 g/mol. The maximum Gasteiger partial charge on any atom is 0.254 e. The molecule has 1 rings (SSSR count). The Balaban J connectivity index is 3.08. The molecule has 0 spiro atoms. The van der Waals surface area contributed by atoms with Crippen LogP contribution in [0.4, 0.5) is 0 Å². The molecule has 0 saturated carbocycles. The topological polar surface area (TPSA) is 51.1 Å². The zero-order valence-electron chi connectivity index (χ0n) is 11.9. The molecule has 5 heteroatoms. The Bertz CT molecular complexity index is 388.